The van der Waals surface area contributed by atoms with Crippen LogP contribution in [0.2, 0.25) is 10.0 Å². The van der Waals surface area contributed by atoms with Crippen molar-refractivity contribution in [3.8, 4) is 17.1 Å². The van der Waals surface area contributed by atoms with Crippen LogP contribution >= 0.6 is 23.2 Å². The van der Waals surface area contributed by atoms with Crippen LogP contribution < -0.4 is 4.74 Å². The molecule has 9 heteroatoms. The molecule has 25 heavy (non-hydrogen) atoms. The summed E-state index contributed by atoms with van der Waals surface area (Å²) in [6, 6.07) is 9.55. The molecule has 0 N–H and O–H groups in total. The Morgan fingerprint density at radius 3 is 2.48 bits per heavy atom. The lowest BCUT2D eigenvalue weighted by Crippen LogP contribution is -2.18. The van der Waals surface area contributed by atoms with Gasteiger partial charge in [0.05, 0.1) is 10.0 Å². The molecule has 0 fully saturated rings. The van der Waals surface area contributed by atoms with E-state index in [9.17, 15) is 9.18 Å². The van der Waals surface area contributed by atoms with Gasteiger partial charge in [0.25, 0.3) is 0 Å². The highest BCUT2D eigenvalue weighted by atomic mass is 35.5. The lowest BCUT2D eigenvalue weighted by Gasteiger charge is -2.07. The molecule has 1 heterocycles. The molecule has 0 aliphatic rings. The standard InChI is InChI=1S/C16H11Cl2FN4O2/c1-9-2-4-10(5-3-9)16-20-22-23(21-16)8-14(24)25-15-12(17)6-11(19)7-13(15)18/h2-7H,8H2,1H3. The average Bonchev–Trinajstić information content (AvgIpc) is 3.00. The third-order valence-corrected chi connectivity index (χ3v) is 3.77. The normalized spacial score (nSPS) is 10.7. The maximum absolute atomic E-state index is 13.1. The zero-order valence-corrected chi connectivity index (χ0v) is 14.4. The molecule has 0 amide bonds. The Morgan fingerprint density at radius 1 is 1.20 bits per heavy atom. The van der Waals surface area contributed by atoms with Crippen molar-refractivity contribution in [2.24, 2.45) is 0 Å². The lowest BCUT2D eigenvalue weighted by molar-refractivity contribution is -0.135. The van der Waals surface area contributed by atoms with E-state index in [-0.39, 0.29) is 22.3 Å². The summed E-state index contributed by atoms with van der Waals surface area (Å²) in [4.78, 5) is 13.1. The molecule has 128 valence electrons. The maximum Gasteiger partial charge on any atom is 0.335 e. The van der Waals surface area contributed by atoms with Crippen molar-refractivity contribution < 1.29 is 13.9 Å². The smallest absolute Gasteiger partial charge is 0.335 e. The van der Waals surface area contributed by atoms with Gasteiger partial charge in [-0.2, -0.15) is 4.80 Å². The first-order valence-electron chi connectivity index (χ1n) is 7.12. The van der Waals surface area contributed by atoms with Crippen LogP contribution in [0.1, 0.15) is 5.56 Å². The van der Waals surface area contributed by atoms with Gasteiger partial charge in [-0.3, -0.25) is 0 Å². The van der Waals surface area contributed by atoms with Crippen LogP contribution in [0.15, 0.2) is 36.4 Å². The maximum atomic E-state index is 13.1. The minimum Gasteiger partial charge on any atom is -0.422 e. The van der Waals surface area contributed by atoms with Crippen LogP contribution in [0.4, 0.5) is 4.39 Å². The van der Waals surface area contributed by atoms with Crippen molar-refractivity contribution >= 4 is 29.2 Å². The summed E-state index contributed by atoms with van der Waals surface area (Å²) in [5.74, 6) is -1.09. The fourth-order valence-corrected chi connectivity index (χ4v) is 2.55. The van der Waals surface area contributed by atoms with Crippen LogP contribution in [0, 0.1) is 12.7 Å². The van der Waals surface area contributed by atoms with Gasteiger partial charge in [-0.15, -0.1) is 10.2 Å². The van der Waals surface area contributed by atoms with Gasteiger partial charge in [0.15, 0.2) is 12.3 Å². The predicted octanol–water partition coefficient (Wildman–Crippen LogP) is 3.70. The van der Waals surface area contributed by atoms with Gasteiger partial charge in [0, 0.05) is 5.56 Å². The van der Waals surface area contributed by atoms with E-state index < -0.39 is 11.8 Å². The van der Waals surface area contributed by atoms with E-state index in [0.29, 0.717) is 5.82 Å². The Labute approximate surface area is 152 Å². The molecule has 0 saturated carbocycles. The summed E-state index contributed by atoms with van der Waals surface area (Å²) in [6.07, 6.45) is 0. The minimum atomic E-state index is -0.719. The number of carbonyl (C=O) groups excluding carboxylic acids is 1. The topological polar surface area (TPSA) is 69.9 Å². The molecule has 1 aromatic heterocycles. The molecule has 0 saturated heterocycles. The van der Waals surface area contributed by atoms with Crippen LogP contribution in [0.25, 0.3) is 11.4 Å². The monoisotopic (exact) mass is 380 g/mol. The van der Waals surface area contributed by atoms with E-state index in [4.69, 9.17) is 27.9 Å². The Bertz CT molecular complexity index is 905. The van der Waals surface area contributed by atoms with Crippen molar-refractivity contribution in [3.05, 3.63) is 57.8 Å². The molecular weight excluding hydrogens is 370 g/mol. The van der Waals surface area contributed by atoms with Gasteiger partial charge in [-0.25, -0.2) is 9.18 Å². The van der Waals surface area contributed by atoms with Crippen molar-refractivity contribution in [2.45, 2.75) is 13.5 Å². The molecule has 3 aromatic rings. The van der Waals surface area contributed by atoms with Crippen molar-refractivity contribution in [1.29, 1.82) is 0 Å². The van der Waals surface area contributed by atoms with Crippen LogP contribution in [0.3, 0.4) is 0 Å². The highest BCUT2D eigenvalue weighted by Gasteiger charge is 2.16. The number of tetrazole rings is 1. The van der Waals surface area contributed by atoms with Crippen molar-refractivity contribution in [1.82, 2.24) is 20.2 Å². The predicted molar refractivity (Wildman–Crippen MR) is 90.0 cm³/mol. The quantitative estimate of drug-likeness (QED) is 0.509. The largest absolute Gasteiger partial charge is 0.422 e. The Hall–Kier alpha value is -2.51. The Morgan fingerprint density at radius 2 is 1.84 bits per heavy atom. The highest BCUT2D eigenvalue weighted by molar-refractivity contribution is 6.37. The molecule has 0 aliphatic carbocycles. The fourth-order valence-electron chi connectivity index (χ4n) is 2.02. The number of benzene rings is 2. The first-order chi connectivity index (χ1) is 11.9. The van der Waals surface area contributed by atoms with E-state index in [1.54, 1.807) is 0 Å². The Balaban J connectivity index is 1.71. The molecule has 0 atom stereocenters. The number of halogens is 3. The summed E-state index contributed by atoms with van der Waals surface area (Å²) in [6.45, 7) is 1.67. The average molecular weight is 381 g/mol. The first-order valence-corrected chi connectivity index (χ1v) is 7.88. The lowest BCUT2D eigenvalue weighted by atomic mass is 10.1. The second-order valence-corrected chi connectivity index (χ2v) is 6.00. The van der Waals surface area contributed by atoms with Gasteiger partial charge in [0.2, 0.25) is 5.82 Å². The zero-order chi connectivity index (χ0) is 18.0. The molecule has 0 unspecified atom stereocenters. The first kappa shape index (κ1) is 17.3. The molecule has 0 aliphatic heterocycles. The fraction of sp³-hybridized carbons (Fsp3) is 0.125. The number of esters is 1. The van der Waals surface area contributed by atoms with Crippen LogP contribution in [-0.2, 0) is 11.3 Å². The summed E-state index contributed by atoms with van der Waals surface area (Å²) in [7, 11) is 0. The number of carbonyl (C=O) groups is 1. The molecule has 0 spiro atoms. The SMILES string of the molecule is Cc1ccc(-c2nnn(CC(=O)Oc3c(Cl)cc(F)cc3Cl)n2)cc1. The minimum absolute atomic E-state index is 0.106. The van der Waals surface area contributed by atoms with Gasteiger partial charge < -0.3 is 4.74 Å². The summed E-state index contributed by atoms with van der Waals surface area (Å²) in [5.41, 5.74) is 1.88. The van der Waals surface area contributed by atoms with Gasteiger partial charge in [0.1, 0.15) is 5.82 Å². The number of hydrogen-bond donors (Lipinski definition) is 0. The summed E-state index contributed by atoms with van der Waals surface area (Å²) < 4.78 is 18.2. The number of nitrogens with zero attached hydrogens (tertiary/aromatic N) is 4. The molecule has 2 aromatic carbocycles. The highest BCUT2D eigenvalue weighted by Crippen LogP contribution is 2.33. The van der Waals surface area contributed by atoms with E-state index in [1.807, 2.05) is 31.2 Å². The number of hydrogen-bond acceptors (Lipinski definition) is 5. The Kier molecular flexibility index (Phi) is 4.96. The van der Waals surface area contributed by atoms with Crippen LogP contribution in [-0.4, -0.2) is 26.2 Å². The van der Waals surface area contributed by atoms with E-state index in [0.717, 1.165) is 28.1 Å². The van der Waals surface area contributed by atoms with Gasteiger partial charge >= 0.3 is 5.97 Å². The van der Waals surface area contributed by atoms with E-state index in [1.165, 1.54) is 0 Å². The molecule has 6 nitrogen and oxygen atoms in total. The molecule has 0 radical (unpaired) electrons. The number of rotatable bonds is 4. The molecule has 0 bridgehead atoms. The second kappa shape index (κ2) is 7.16. The van der Waals surface area contributed by atoms with Crippen molar-refractivity contribution in [2.75, 3.05) is 0 Å². The summed E-state index contributed by atoms with van der Waals surface area (Å²) in [5, 5.41) is 11.6. The van der Waals surface area contributed by atoms with Crippen molar-refractivity contribution in [3.63, 3.8) is 0 Å². The number of aryl methyl sites for hydroxylation is 1. The van der Waals surface area contributed by atoms with Crippen LogP contribution in [0.5, 0.6) is 5.75 Å². The van der Waals surface area contributed by atoms with Gasteiger partial charge in [-0.1, -0.05) is 53.0 Å². The van der Waals surface area contributed by atoms with E-state index in [2.05, 4.69) is 15.4 Å². The second-order valence-electron chi connectivity index (χ2n) is 5.18. The molecule has 3 rings (SSSR count). The zero-order valence-electron chi connectivity index (χ0n) is 12.9. The molecular formula is C16H11Cl2FN4O2. The van der Waals surface area contributed by atoms with Gasteiger partial charge in [-0.05, 0) is 24.3 Å². The summed E-state index contributed by atoms with van der Waals surface area (Å²) >= 11 is 11.7. The number of ether oxygens (including phenoxy) is 1. The third kappa shape index (κ3) is 4.12. The van der Waals surface area contributed by atoms with E-state index >= 15 is 0 Å². The third-order valence-electron chi connectivity index (χ3n) is 3.21. The number of aromatic nitrogens is 4.